The van der Waals surface area contributed by atoms with Gasteiger partial charge in [-0.3, -0.25) is 0 Å². The fraction of sp³-hybridized carbons (Fsp3) is 0.538. The molecule has 0 saturated carbocycles. The summed E-state index contributed by atoms with van der Waals surface area (Å²) in [7, 11) is -3.56. The maximum atomic E-state index is 13.0. The van der Waals surface area contributed by atoms with E-state index in [-0.39, 0.29) is 4.90 Å². The Labute approximate surface area is 113 Å². The molecule has 0 spiro atoms. The van der Waals surface area contributed by atoms with Crippen LogP contribution >= 0.6 is 0 Å². The molecular weight excluding hydrogens is 269 g/mol. The van der Waals surface area contributed by atoms with Gasteiger partial charge >= 0.3 is 0 Å². The quantitative estimate of drug-likeness (QED) is 0.919. The number of rotatable bonds is 4. The molecule has 106 valence electrons. The Morgan fingerprint density at radius 1 is 1.37 bits per heavy atom. The van der Waals surface area contributed by atoms with E-state index in [2.05, 4.69) is 4.72 Å². The summed E-state index contributed by atoms with van der Waals surface area (Å²) in [5.41, 5.74) is 0.416. The second kappa shape index (κ2) is 5.98. The molecule has 1 aromatic rings. The van der Waals surface area contributed by atoms with Crippen molar-refractivity contribution >= 4 is 10.0 Å². The van der Waals surface area contributed by atoms with Gasteiger partial charge in [-0.25, -0.2) is 17.5 Å². The van der Waals surface area contributed by atoms with Crippen LogP contribution in [0.5, 0.6) is 0 Å². The van der Waals surface area contributed by atoms with Gasteiger partial charge < -0.3 is 4.74 Å². The number of benzene rings is 1. The number of aryl methyl sites for hydroxylation is 1. The highest BCUT2D eigenvalue weighted by atomic mass is 32.2. The zero-order valence-electron chi connectivity index (χ0n) is 10.9. The van der Waals surface area contributed by atoms with Crippen LogP contribution in [0.25, 0.3) is 0 Å². The minimum atomic E-state index is -3.56. The fourth-order valence-corrected chi connectivity index (χ4v) is 3.51. The standard InChI is InChI=1S/C13H18FNO3S/c1-10-8-12(14)2-3-13(10)19(16,17)15-9-11-4-6-18-7-5-11/h2-3,8,11,15H,4-7,9H2,1H3. The van der Waals surface area contributed by atoms with E-state index in [1.54, 1.807) is 6.92 Å². The molecule has 0 unspecified atom stereocenters. The molecule has 1 fully saturated rings. The lowest BCUT2D eigenvalue weighted by molar-refractivity contribution is 0.0678. The molecule has 1 aliphatic rings. The molecule has 0 amide bonds. The van der Waals surface area contributed by atoms with Crippen LogP contribution in [0.2, 0.25) is 0 Å². The van der Waals surface area contributed by atoms with Crippen LogP contribution in [0.1, 0.15) is 18.4 Å². The average Bonchev–Trinajstić information content (AvgIpc) is 2.37. The predicted octanol–water partition coefficient (Wildman–Crippen LogP) is 1.84. The van der Waals surface area contributed by atoms with E-state index in [1.807, 2.05) is 0 Å². The van der Waals surface area contributed by atoms with Crippen molar-refractivity contribution in [1.29, 1.82) is 0 Å². The Morgan fingerprint density at radius 3 is 2.68 bits per heavy atom. The molecule has 2 rings (SSSR count). The highest BCUT2D eigenvalue weighted by Crippen LogP contribution is 2.18. The van der Waals surface area contributed by atoms with E-state index < -0.39 is 15.8 Å². The lowest BCUT2D eigenvalue weighted by Gasteiger charge is -2.22. The molecule has 1 saturated heterocycles. The number of sulfonamides is 1. The van der Waals surface area contributed by atoms with Gasteiger partial charge in [0.1, 0.15) is 5.82 Å². The minimum absolute atomic E-state index is 0.140. The van der Waals surface area contributed by atoms with Crippen molar-refractivity contribution in [2.75, 3.05) is 19.8 Å². The monoisotopic (exact) mass is 287 g/mol. The third kappa shape index (κ3) is 3.75. The van der Waals surface area contributed by atoms with Gasteiger partial charge in [0.05, 0.1) is 4.90 Å². The second-order valence-corrected chi connectivity index (χ2v) is 6.55. The Kier molecular flexibility index (Phi) is 4.54. The lowest BCUT2D eigenvalue weighted by atomic mass is 10.0. The van der Waals surface area contributed by atoms with Crippen LogP contribution in [0, 0.1) is 18.7 Å². The molecule has 6 heteroatoms. The van der Waals surface area contributed by atoms with Crippen molar-refractivity contribution in [2.45, 2.75) is 24.7 Å². The molecule has 0 aromatic heterocycles. The van der Waals surface area contributed by atoms with Gasteiger partial charge in [-0.05, 0) is 49.4 Å². The number of nitrogens with one attached hydrogen (secondary N) is 1. The van der Waals surface area contributed by atoms with E-state index in [1.165, 1.54) is 12.1 Å². The van der Waals surface area contributed by atoms with Crippen molar-refractivity contribution in [3.8, 4) is 0 Å². The lowest BCUT2D eigenvalue weighted by Crippen LogP contribution is -2.32. The van der Waals surface area contributed by atoms with E-state index in [0.29, 0.717) is 31.2 Å². The Hall–Kier alpha value is -0.980. The van der Waals surface area contributed by atoms with Crippen LogP contribution in [-0.2, 0) is 14.8 Å². The summed E-state index contributed by atoms with van der Waals surface area (Å²) in [5.74, 6) is -0.120. The highest BCUT2D eigenvalue weighted by Gasteiger charge is 2.20. The maximum Gasteiger partial charge on any atom is 0.240 e. The topological polar surface area (TPSA) is 55.4 Å². The van der Waals surface area contributed by atoms with Gasteiger partial charge in [0.15, 0.2) is 0 Å². The maximum absolute atomic E-state index is 13.0. The number of hydrogen-bond donors (Lipinski definition) is 1. The van der Waals surface area contributed by atoms with Crippen molar-refractivity contribution in [3.63, 3.8) is 0 Å². The molecule has 19 heavy (non-hydrogen) atoms. The van der Waals surface area contributed by atoms with Gasteiger partial charge in [-0.15, -0.1) is 0 Å². The first-order valence-electron chi connectivity index (χ1n) is 6.32. The summed E-state index contributed by atoms with van der Waals surface area (Å²) in [6, 6.07) is 3.69. The van der Waals surface area contributed by atoms with E-state index in [4.69, 9.17) is 4.74 Å². The predicted molar refractivity (Wildman–Crippen MR) is 69.9 cm³/mol. The van der Waals surface area contributed by atoms with Gasteiger partial charge in [-0.1, -0.05) is 0 Å². The molecule has 1 aromatic carbocycles. The fourth-order valence-electron chi connectivity index (χ4n) is 2.17. The first-order valence-corrected chi connectivity index (χ1v) is 7.81. The number of ether oxygens (including phenoxy) is 1. The van der Waals surface area contributed by atoms with Crippen LogP contribution in [0.3, 0.4) is 0 Å². The first-order chi connectivity index (χ1) is 8.99. The summed E-state index contributed by atoms with van der Waals surface area (Å²) in [5, 5.41) is 0. The second-order valence-electron chi connectivity index (χ2n) is 4.82. The highest BCUT2D eigenvalue weighted by molar-refractivity contribution is 7.89. The molecule has 0 bridgehead atoms. The molecule has 0 atom stereocenters. The smallest absolute Gasteiger partial charge is 0.240 e. The third-order valence-corrected chi connectivity index (χ3v) is 4.91. The minimum Gasteiger partial charge on any atom is -0.381 e. The Morgan fingerprint density at radius 2 is 2.05 bits per heavy atom. The number of hydrogen-bond acceptors (Lipinski definition) is 3. The summed E-state index contributed by atoms with van der Waals surface area (Å²) in [6.45, 7) is 3.36. The summed E-state index contributed by atoms with van der Waals surface area (Å²) >= 11 is 0. The van der Waals surface area contributed by atoms with Crippen molar-refractivity contribution in [3.05, 3.63) is 29.6 Å². The summed E-state index contributed by atoms with van der Waals surface area (Å²) in [6.07, 6.45) is 1.73. The molecular formula is C13H18FNO3S. The summed E-state index contributed by atoms with van der Waals surface area (Å²) < 4.78 is 45.1. The van der Waals surface area contributed by atoms with Crippen LogP contribution in [0.4, 0.5) is 4.39 Å². The first kappa shape index (κ1) is 14.4. The van der Waals surface area contributed by atoms with Gasteiger partial charge in [-0.2, -0.15) is 0 Å². The van der Waals surface area contributed by atoms with E-state index in [0.717, 1.165) is 18.9 Å². The zero-order chi connectivity index (χ0) is 13.9. The van der Waals surface area contributed by atoms with Gasteiger partial charge in [0.2, 0.25) is 10.0 Å². The largest absolute Gasteiger partial charge is 0.381 e. The molecule has 1 aliphatic heterocycles. The van der Waals surface area contributed by atoms with E-state index in [9.17, 15) is 12.8 Å². The van der Waals surface area contributed by atoms with Crippen LogP contribution < -0.4 is 4.72 Å². The van der Waals surface area contributed by atoms with Crippen LogP contribution in [-0.4, -0.2) is 28.2 Å². The normalized spacial score (nSPS) is 17.6. The SMILES string of the molecule is Cc1cc(F)ccc1S(=O)(=O)NCC1CCOCC1. The zero-order valence-corrected chi connectivity index (χ0v) is 11.7. The molecule has 1 heterocycles. The molecule has 1 N–H and O–H groups in total. The average molecular weight is 287 g/mol. The van der Waals surface area contributed by atoms with Crippen molar-refractivity contribution < 1.29 is 17.5 Å². The third-order valence-electron chi connectivity index (χ3n) is 3.33. The van der Waals surface area contributed by atoms with Crippen molar-refractivity contribution in [2.24, 2.45) is 5.92 Å². The van der Waals surface area contributed by atoms with Crippen LogP contribution in [0.15, 0.2) is 23.1 Å². The molecule has 0 aliphatic carbocycles. The Balaban J connectivity index is 2.05. The Bertz CT molecular complexity index is 539. The van der Waals surface area contributed by atoms with Gasteiger partial charge in [0.25, 0.3) is 0 Å². The summed E-state index contributed by atoms with van der Waals surface area (Å²) in [4.78, 5) is 0.140. The number of halogens is 1. The molecule has 4 nitrogen and oxygen atoms in total. The molecule has 0 radical (unpaired) electrons. The van der Waals surface area contributed by atoms with Gasteiger partial charge in [0, 0.05) is 19.8 Å². The van der Waals surface area contributed by atoms with E-state index >= 15 is 0 Å². The van der Waals surface area contributed by atoms with Crippen molar-refractivity contribution in [1.82, 2.24) is 4.72 Å².